The Morgan fingerprint density at radius 3 is 2.36 bits per heavy atom. The fraction of sp³-hybridized carbons (Fsp3) is 0.800. The zero-order chi connectivity index (χ0) is 11.0. The van der Waals surface area contributed by atoms with Gasteiger partial charge in [-0.2, -0.15) is 5.26 Å². The van der Waals surface area contributed by atoms with Crippen molar-refractivity contribution in [1.29, 1.82) is 5.26 Å². The quantitative estimate of drug-likeness (QED) is 0.710. The fourth-order valence-corrected chi connectivity index (χ4v) is 2.02. The number of hydrogen-bond acceptors (Lipinski definition) is 3. The van der Waals surface area contributed by atoms with Gasteiger partial charge in [-0.3, -0.25) is 10.1 Å². The first-order valence-corrected chi connectivity index (χ1v) is 4.79. The highest BCUT2D eigenvalue weighted by Gasteiger charge is 2.48. The first-order valence-electron chi connectivity index (χ1n) is 4.79. The van der Waals surface area contributed by atoms with E-state index in [1.807, 2.05) is 27.7 Å². The van der Waals surface area contributed by atoms with Crippen molar-refractivity contribution in [2.75, 3.05) is 6.54 Å². The summed E-state index contributed by atoms with van der Waals surface area (Å²) in [6.45, 7) is 8.14. The third-order valence-electron chi connectivity index (χ3n) is 2.52. The van der Waals surface area contributed by atoms with Crippen LogP contribution in [0.2, 0.25) is 0 Å². The van der Waals surface area contributed by atoms with E-state index in [0.29, 0.717) is 13.0 Å². The van der Waals surface area contributed by atoms with Gasteiger partial charge in [0.05, 0.1) is 23.7 Å². The lowest BCUT2D eigenvalue weighted by atomic mass is 10.1. The standard InChI is InChI=1S/C10H17N3O/c1-9(2)8(14)13(7-5-6-11)10(3,4)12-9/h12H,5,7H2,1-4H3. The van der Waals surface area contributed by atoms with Crippen molar-refractivity contribution in [1.82, 2.24) is 10.2 Å². The van der Waals surface area contributed by atoms with Crippen LogP contribution in [-0.4, -0.2) is 28.6 Å². The minimum absolute atomic E-state index is 0.0674. The van der Waals surface area contributed by atoms with Crippen LogP contribution in [0.4, 0.5) is 0 Å². The maximum atomic E-state index is 11.9. The minimum atomic E-state index is -0.515. The van der Waals surface area contributed by atoms with Crippen LogP contribution in [-0.2, 0) is 4.79 Å². The number of nitriles is 1. The summed E-state index contributed by atoms with van der Waals surface area (Å²) in [5.74, 6) is 0.0674. The van der Waals surface area contributed by atoms with E-state index in [1.165, 1.54) is 0 Å². The van der Waals surface area contributed by atoms with Gasteiger partial charge in [0.1, 0.15) is 0 Å². The molecule has 4 nitrogen and oxygen atoms in total. The van der Waals surface area contributed by atoms with Gasteiger partial charge >= 0.3 is 0 Å². The van der Waals surface area contributed by atoms with Crippen LogP contribution < -0.4 is 5.32 Å². The SMILES string of the molecule is CC1(C)NC(C)(C)N(CCC#N)C1=O. The fourth-order valence-electron chi connectivity index (χ4n) is 2.02. The molecule has 1 fully saturated rings. The van der Waals surface area contributed by atoms with E-state index in [1.54, 1.807) is 4.90 Å². The monoisotopic (exact) mass is 195 g/mol. The Balaban J connectivity index is 2.84. The maximum absolute atomic E-state index is 11.9. The molecule has 0 radical (unpaired) electrons. The number of carbonyl (C=O) groups is 1. The van der Waals surface area contributed by atoms with Gasteiger partial charge in [-0.15, -0.1) is 0 Å². The van der Waals surface area contributed by atoms with E-state index in [0.717, 1.165) is 0 Å². The molecular formula is C10H17N3O. The molecule has 14 heavy (non-hydrogen) atoms. The number of nitrogens with zero attached hydrogens (tertiary/aromatic N) is 2. The molecule has 0 aliphatic carbocycles. The highest BCUT2D eigenvalue weighted by molar-refractivity contribution is 5.88. The number of rotatable bonds is 2. The topological polar surface area (TPSA) is 56.1 Å². The zero-order valence-corrected chi connectivity index (χ0v) is 9.22. The van der Waals surface area contributed by atoms with Crippen molar-refractivity contribution in [3.8, 4) is 6.07 Å². The third kappa shape index (κ3) is 1.73. The molecule has 1 N–H and O–H groups in total. The average Bonchev–Trinajstić information content (AvgIpc) is 2.16. The van der Waals surface area contributed by atoms with Crippen LogP contribution in [0.1, 0.15) is 34.1 Å². The average molecular weight is 195 g/mol. The second-order valence-corrected chi connectivity index (χ2v) is 4.67. The van der Waals surface area contributed by atoms with Crippen LogP contribution in [0, 0.1) is 11.3 Å². The largest absolute Gasteiger partial charge is 0.322 e. The molecule has 4 heteroatoms. The van der Waals surface area contributed by atoms with Crippen molar-refractivity contribution in [3.05, 3.63) is 0 Å². The summed E-state index contributed by atoms with van der Waals surface area (Å²) in [6.07, 6.45) is 0.382. The molecule has 1 aliphatic rings. The van der Waals surface area contributed by atoms with Crippen LogP contribution in [0.5, 0.6) is 0 Å². The molecule has 78 valence electrons. The smallest absolute Gasteiger partial charge is 0.243 e. The lowest BCUT2D eigenvalue weighted by Crippen LogP contribution is -2.48. The number of amides is 1. The molecule has 1 heterocycles. The van der Waals surface area contributed by atoms with Crippen LogP contribution in [0.3, 0.4) is 0 Å². The normalized spacial score (nSPS) is 23.6. The molecule has 1 aliphatic heterocycles. The van der Waals surface area contributed by atoms with E-state index in [4.69, 9.17) is 5.26 Å². The third-order valence-corrected chi connectivity index (χ3v) is 2.52. The maximum Gasteiger partial charge on any atom is 0.243 e. The molecule has 0 aromatic heterocycles. The summed E-state index contributed by atoms with van der Waals surface area (Å²) >= 11 is 0. The van der Waals surface area contributed by atoms with Crippen LogP contribution >= 0.6 is 0 Å². The number of nitrogens with one attached hydrogen (secondary N) is 1. The molecule has 0 atom stereocenters. The molecule has 0 spiro atoms. The molecule has 1 rings (SSSR count). The Labute approximate surface area is 84.9 Å². The van der Waals surface area contributed by atoms with Crippen molar-refractivity contribution >= 4 is 5.91 Å². The zero-order valence-electron chi connectivity index (χ0n) is 9.22. The van der Waals surface area contributed by atoms with E-state index in [9.17, 15) is 4.79 Å². The Bertz CT molecular complexity index is 288. The van der Waals surface area contributed by atoms with Crippen LogP contribution in [0.15, 0.2) is 0 Å². The predicted molar refractivity (Wildman–Crippen MR) is 53.2 cm³/mol. The minimum Gasteiger partial charge on any atom is -0.322 e. The Morgan fingerprint density at radius 1 is 1.43 bits per heavy atom. The van der Waals surface area contributed by atoms with Gasteiger partial charge in [-0.25, -0.2) is 0 Å². The Hall–Kier alpha value is -1.08. The van der Waals surface area contributed by atoms with Crippen molar-refractivity contribution in [3.63, 3.8) is 0 Å². The summed E-state index contributed by atoms with van der Waals surface area (Å²) in [6, 6.07) is 2.06. The predicted octanol–water partition coefficient (Wildman–Crippen LogP) is 0.847. The van der Waals surface area contributed by atoms with Gasteiger partial charge in [0.25, 0.3) is 0 Å². The molecular weight excluding hydrogens is 178 g/mol. The van der Waals surface area contributed by atoms with Gasteiger partial charge in [0.15, 0.2) is 0 Å². The van der Waals surface area contributed by atoms with Gasteiger partial charge in [-0.1, -0.05) is 0 Å². The Morgan fingerprint density at radius 2 is 2.00 bits per heavy atom. The van der Waals surface area contributed by atoms with E-state index in [2.05, 4.69) is 11.4 Å². The molecule has 0 bridgehead atoms. The lowest BCUT2D eigenvalue weighted by molar-refractivity contribution is -0.133. The van der Waals surface area contributed by atoms with Gasteiger partial charge in [0.2, 0.25) is 5.91 Å². The summed E-state index contributed by atoms with van der Waals surface area (Å²) in [4.78, 5) is 13.6. The lowest BCUT2D eigenvalue weighted by Gasteiger charge is -2.30. The van der Waals surface area contributed by atoms with Crippen molar-refractivity contribution in [2.24, 2.45) is 0 Å². The van der Waals surface area contributed by atoms with Gasteiger partial charge < -0.3 is 4.90 Å². The summed E-state index contributed by atoms with van der Waals surface area (Å²) in [5, 5.41) is 11.7. The number of hydrogen-bond donors (Lipinski definition) is 1. The van der Waals surface area contributed by atoms with E-state index >= 15 is 0 Å². The van der Waals surface area contributed by atoms with E-state index < -0.39 is 5.54 Å². The first kappa shape index (κ1) is 11.0. The highest BCUT2D eigenvalue weighted by Crippen LogP contribution is 2.27. The molecule has 0 unspecified atom stereocenters. The molecule has 1 amide bonds. The number of carbonyl (C=O) groups excluding carboxylic acids is 1. The summed E-state index contributed by atoms with van der Waals surface area (Å²) < 4.78 is 0. The van der Waals surface area contributed by atoms with Crippen molar-refractivity contribution < 1.29 is 4.79 Å². The second-order valence-electron chi connectivity index (χ2n) is 4.67. The molecule has 0 aromatic carbocycles. The molecule has 1 saturated heterocycles. The van der Waals surface area contributed by atoms with Crippen LogP contribution in [0.25, 0.3) is 0 Å². The van der Waals surface area contributed by atoms with Crippen molar-refractivity contribution in [2.45, 2.75) is 45.3 Å². The van der Waals surface area contributed by atoms with Gasteiger partial charge in [-0.05, 0) is 27.7 Å². The Kier molecular flexibility index (Phi) is 2.55. The molecule has 0 aromatic rings. The van der Waals surface area contributed by atoms with E-state index in [-0.39, 0.29) is 11.6 Å². The van der Waals surface area contributed by atoms with Gasteiger partial charge in [0, 0.05) is 6.54 Å². The second kappa shape index (κ2) is 3.25. The summed E-state index contributed by atoms with van der Waals surface area (Å²) in [7, 11) is 0. The first-order chi connectivity index (χ1) is 6.31. The highest BCUT2D eigenvalue weighted by atomic mass is 16.2. The summed E-state index contributed by atoms with van der Waals surface area (Å²) in [5.41, 5.74) is -0.865. The molecule has 0 saturated carbocycles.